The second-order valence-corrected chi connectivity index (χ2v) is 6.79. The minimum absolute atomic E-state index is 0.00616. The third-order valence-electron chi connectivity index (χ3n) is 3.73. The molecule has 1 atom stereocenters. The number of hydrogen-bond donors (Lipinski definition) is 1. The summed E-state index contributed by atoms with van der Waals surface area (Å²) in [5.74, 6) is -1.06. The van der Waals surface area contributed by atoms with Crippen molar-refractivity contribution < 1.29 is 19.1 Å². The first-order valence-electron chi connectivity index (χ1n) is 8.21. The number of halogens is 1. The Morgan fingerprint density at radius 3 is 2.19 bits per heavy atom. The number of Topliss-reactive ketones (excluding diaryl/α,β-unsaturated/α-hetero) is 1. The molecule has 0 bridgehead atoms. The summed E-state index contributed by atoms with van der Waals surface area (Å²) in [6, 6.07) is 14.0. The zero-order valence-corrected chi connectivity index (χ0v) is 16.2. The zero-order chi connectivity index (χ0) is 19.1. The van der Waals surface area contributed by atoms with Crippen LogP contribution in [0.2, 0.25) is 0 Å². The van der Waals surface area contributed by atoms with Crippen molar-refractivity contribution in [2.75, 3.05) is 6.54 Å². The summed E-state index contributed by atoms with van der Waals surface area (Å²) in [7, 11) is 0. The molecular weight excluding hydrogens is 398 g/mol. The molecule has 2 rings (SSSR count). The maximum absolute atomic E-state index is 12.2. The second-order valence-electron chi connectivity index (χ2n) is 5.88. The smallest absolute Gasteiger partial charge is 0.308 e. The zero-order valence-electron chi connectivity index (χ0n) is 14.6. The van der Waals surface area contributed by atoms with Crippen LogP contribution in [0.1, 0.15) is 39.6 Å². The summed E-state index contributed by atoms with van der Waals surface area (Å²) in [5.41, 5.74) is 2.05. The second kappa shape index (κ2) is 9.29. The van der Waals surface area contributed by atoms with Gasteiger partial charge in [-0.3, -0.25) is 14.4 Å². The molecule has 0 saturated carbocycles. The van der Waals surface area contributed by atoms with E-state index < -0.39 is 12.1 Å². The van der Waals surface area contributed by atoms with E-state index in [0.29, 0.717) is 11.1 Å². The maximum atomic E-state index is 12.2. The van der Waals surface area contributed by atoms with Crippen LogP contribution >= 0.6 is 15.9 Å². The molecule has 0 aliphatic rings. The lowest BCUT2D eigenvalue weighted by Crippen LogP contribution is -2.29. The van der Waals surface area contributed by atoms with Gasteiger partial charge in [-0.15, -0.1) is 0 Å². The number of nitrogens with one attached hydrogen (secondary N) is 1. The van der Waals surface area contributed by atoms with Crippen LogP contribution in [0.3, 0.4) is 0 Å². The lowest BCUT2D eigenvalue weighted by atomic mass is 10.1. The Kier molecular flexibility index (Phi) is 7.09. The lowest BCUT2D eigenvalue weighted by molar-refractivity contribution is -0.146. The van der Waals surface area contributed by atoms with Crippen molar-refractivity contribution in [3.05, 3.63) is 69.7 Å². The normalized spacial score (nSPS) is 11.5. The van der Waals surface area contributed by atoms with Crippen LogP contribution in [0, 0.1) is 6.92 Å². The van der Waals surface area contributed by atoms with E-state index in [1.54, 1.807) is 43.3 Å². The molecule has 26 heavy (non-hydrogen) atoms. The van der Waals surface area contributed by atoms with Crippen molar-refractivity contribution in [2.24, 2.45) is 0 Å². The fraction of sp³-hybridized carbons (Fsp3) is 0.250. The molecule has 0 aromatic heterocycles. The van der Waals surface area contributed by atoms with Gasteiger partial charge in [0.2, 0.25) is 5.78 Å². The number of ketones is 1. The van der Waals surface area contributed by atoms with Gasteiger partial charge in [0.1, 0.15) is 0 Å². The first kappa shape index (κ1) is 19.8. The number of esters is 1. The standard InChI is InChI=1S/C20H20BrNO4/c1-13-3-5-15(6-4-13)19(24)14(2)26-18(23)11-12-22-20(25)16-7-9-17(21)10-8-16/h3-10,14H,11-12H2,1-2H3,(H,22,25)/t14-/m1/s1. The van der Waals surface area contributed by atoms with Crippen molar-refractivity contribution in [1.29, 1.82) is 0 Å². The number of hydrogen-bond acceptors (Lipinski definition) is 4. The topological polar surface area (TPSA) is 72.5 Å². The van der Waals surface area contributed by atoms with Gasteiger partial charge < -0.3 is 10.1 Å². The van der Waals surface area contributed by atoms with Crippen LogP contribution in [0.15, 0.2) is 53.0 Å². The van der Waals surface area contributed by atoms with Gasteiger partial charge in [0.15, 0.2) is 6.10 Å². The quantitative estimate of drug-likeness (QED) is 0.550. The van der Waals surface area contributed by atoms with Gasteiger partial charge in [-0.1, -0.05) is 45.8 Å². The molecule has 0 aliphatic carbocycles. The SMILES string of the molecule is Cc1ccc(C(=O)[C@@H](C)OC(=O)CCNC(=O)c2ccc(Br)cc2)cc1. The van der Waals surface area contributed by atoms with Gasteiger partial charge in [-0.25, -0.2) is 0 Å². The highest BCUT2D eigenvalue weighted by atomic mass is 79.9. The first-order valence-corrected chi connectivity index (χ1v) is 9.00. The van der Waals surface area contributed by atoms with E-state index in [4.69, 9.17) is 4.74 Å². The van der Waals surface area contributed by atoms with Crippen LogP contribution < -0.4 is 5.32 Å². The fourth-order valence-electron chi connectivity index (χ4n) is 2.24. The first-order chi connectivity index (χ1) is 12.4. The molecule has 136 valence electrons. The molecule has 0 spiro atoms. The number of carbonyl (C=O) groups excluding carboxylic acids is 3. The largest absolute Gasteiger partial charge is 0.454 e. The lowest BCUT2D eigenvalue weighted by Gasteiger charge is -2.13. The molecule has 0 aliphatic heterocycles. The van der Waals surface area contributed by atoms with Crippen LogP contribution in [0.5, 0.6) is 0 Å². The molecular formula is C20H20BrNO4. The molecule has 0 unspecified atom stereocenters. The summed E-state index contributed by atoms with van der Waals surface area (Å²) in [6.45, 7) is 3.61. The van der Waals surface area contributed by atoms with Gasteiger partial charge in [-0.2, -0.15) is 0 Å². The molecule has 1 amide bonds. The average Bonchev–Trinajstić information content (AvgIpc) is 2.62. The van der Waals surface area contributed by atoms with E-state index in [1.807, 2.05) is 19.1 Å². The van der Waals surface area contributed by atoms with Gasteiger partial charge in [0.25, 0.3) is 5.91 Å². The molecule has 0 heterocycles. The van der Waals surface area contributed by atoms with Crippen molar-refractivity contribution in [3.8, 4) is 0 Å². The van der Waals surface area contributed by atoms with Crippen molar-refractivity contribution in [2.45, 2.75) is 26.4 Å². The number of aryl methyl sites for hydroxylation is 1. The molecule has 2 aromatic carbocycles. The third-order valence-corrected chi connectivity index (χ3v) is 4.26. The van der Waals surface area contributed by atoms with E-state index in [-0.39, 0.29) is 24.7 Å². The van der Waals surface area contributed by atoms with Gasteiger partial charge in [0, 0.05) is 22.1 Å². The third kappa shape index (κ3) is 5.81. The fourth-order valence-corrected chi connectivity index (χ4v) is 2.51. The summed E-state index contributed by atoms with van der Waals surface area (Å²) in [5, 5.41) is 2.65. The summed E-state index contributed by atoms with van der Waals surface area (Å²) >= 11 is 3.30. The highest BCUT2D eigenvalue weighted by molar-refractivity contribution is 9.10. The number of benzene rings is 2. The maximum Gasteiger partial charge on any atom is 0.308 e. The van der Waals surface area contributed by atoms with Crippen LogP contribution in [0.4, 0.5) is 0 Å². The Labute approximate surface area is 160 Å². The predicted octanol–water partition coefficient (Wildman–Crippen LogP) is 3.69. The Balaban J connectivity index is 1.77. The highest BCUT2D eigenvalue weighted by Gasteiger charge is 2.19. The molecule has 0 radical (unpaired) electrons. The van der Waals surface area contributed by atoms with Crippen LogP contribution in [0.25, 0.3) is 0 Å². The van der Waals surface area contributed by atoms with E-state index in [1.165, 1.54) is 0 Å². The summed E-state index contributed by atoms with van der Waals surface area (Å²) in [6.07, 6.45) is -0.874. The van der Waals surface area contributed by atoms with Gasteiger partial charge in [0.05, 0.1) is 6.42 Å². The van der Waals surface area contributed by atoms with Crippen LogP contribution in [-0.4, -0.2) is 30.3 Å². The Bertz CT molecular complexity index is 784. The number of amides is 1. The number of carbonyl (C=O) groups is 3. The summed E-state index contributed by atoms with van der Waals surface area (Å²) in [4.78, 5) is 36.1. The van der Waals surface area contributed by atoms with Gasteiger partial charge >= 0.3 is 5.97 Å². The molecule has 5 nitrogen and oxygen atoms in total. The van der Waals surface area contributed by atoms with Crippen molar-refractivity contribution in [3.63, 3.8) is 0 Å². The number of rotatable bonds is 7. The van der Waals surface area contributed by atoms with E-state index in [0.717, 1.165) is 10.0 Å². The predicted molar refractivity (Wildman–Crippen MR) is 102 cm³/mol. The van der Waals surface area contributed by atoms with E-state index in [2.05, 4.69) is 21.2 Å². The van der Waals surface area contributed by atoms with E-state index >= 15 is 0 Å². The average molecular weight is 418 g/mol. The van der Waals surface area contributed by atoms with Crippen molar-refractivity contribution in [1.82, 2.24) is 5.32 Å². The Hall–Kier alpha value is -2.47. The monoisotopic (exact) mass is 417 g/mol. The number of ether oxygens (including phenoxy) is 1. The Morgan fingerprint density at radius 2 is 1.58 bits per heavy atom. The Morgan fingerprint density at radius 1 is 1.00 bits per heavy atom. The molecule has 6 heteroatoms. The minimum Gasteiger partial charge on any atom is -0.454 e. The van der Waals surface area contributed by atoms with Crippen LogP contribution in [-0.2, 0) is 9.53 Å². The molecule has 0 saturated heterocycles. The minimum atomic E-state index is -0.868. The van der Waals surface area contributed by atoms with Gasteiger partial charge in [-0.05, 0) is 38.1 Å². The van der Waals surface area contributed by atoms with E-state index in [9.17, 15) is 14.4 Å². The summed E-state index contributed by atoms with van der Waals surface area (Å²) < 4.78 is 6.03. The van der Waals surface area contributed by atoms with Crippen molar-refractivity contribution >= 4 is 33.6 Å². The molecule has 0 fully saturated rings. The highest BCUT2D eigenvalue weighted by Crippen LogP contribution is 2.11. The molecule has 2 aromatic rings. The molecule has 1 N–H and O–H groups in total.